The van der Waals surface area contributed by atoms with Gasteiger partial charge in [-0.1, -0.05) is 6.07 Å². The van der Waals surface area contributed by atoms with Crippen LogP contribution in [0.25, 0.3) is 0 Å². The van der Waals surface area contributed by atoms with Gasteiger partial charge < -0.3 is 9.47 Å². The summed E-state index contributed by atoms with van der Waals surface area (Å²) in [6, 6.07) is 13.1. The Kier molecular flexibility index (Phi) is 4.35. The Morgan fingerprint density at radius 1 is 1.11 bits per heavy atom. The summed E-state index contributed by atoms with van der Waals surface area (Å²) in [5, 5.41) is 8.93. The first-order valence-electron chi connectivity index (χ1n) is 6.03. The van der Waals surface area contributed by atoms with Crippen LogP contribution in [-0.4, -0.2) is 11.6 Å². The summed E-state index contributed by atoms with van der Waals surface area (Å²) in [7, 11) is 0. The molecule has 0 amide bonds. The van der Waals surface area contributed by atoms with Crippen LogP contribution in [-0.2, 0) is 6.61 Å². The topological polar surface area (TPSA) is 55.1 Å². The van der Waals surface area contributed by atoms with E-state index in [1.165, 1.54) is 0 Å². The van der Waals surface area contributed by atoms with E-state index in [1.807, 2.05) is 43.3 Å². The molecule has 0 bridgehead atoms. The van der Waals surface area contributed by atoms with Crippen LogP contribution in [0.5, 0.6) is 11.5 Å². The largest absolute Gasteiger partial charge is 0.494 e. The molecule has 1 heterocycles. The predicted molar refractivity (Wildman–Crippen MR) is 70.9 cm³/mol. The van der Waals surface area contributed by atoms with Crippen LogP contribution in [0.4, 0.5) is 0 Å². The van der Waals surface area contributed by atoms with Gasteiger partial charge in [0.15, 0.2) is 0 Å². The van der Waals surface area contributed by atoms with E-state index in [2.05, 4.69) is 4.98 Å². The molecule has 0 atom stereocenters. The molecule has 0 aliphatic rings. The van der Waals surface area contributed by atoms with Gasteiger partial charge in [0, 0.05) is 11.8 Å². The van der Waals surface area contributed by atoms with Crippen molar-refractivity contribution in [3.05, 3.63) is 53.9 Å². The van der Waals surface area contributed by atoms with Crippen LogP contribution >= 0.6 is 0 Å². The number of benzene rings is 1. The van der Waals surface area contributed by atoms with Crippen LogP contribution in [0.15, 0.2) is 42.6 Å². The molecule has 0 unspecified atom stereocenters. The Morgan fingerprint density at radius 2 is 1.79 bits per heavy atom. The molecule has 0 radical (unpaired) electrons. The van der Waals surface area contributed by atoms with Crippen molar-refractivity contribution in [2.75, 3.05) is 6.61 Å². The fourth-order valence-electron chi connectivity index (χ4n) is 1.62. The van der Waals surface area contributed by atoms with E-state index in [-0.39, 0.29) is 0 Å². The van der Waals surface area contributed by atoms with E-state index in [4.69, 9.17) is 14.7 Å². The number of ether oxygens (including phenoxy) is 2. The number of nitrogens with zero attached hydrogens (tertiary/aromatic N) is 2. The van der Waals surface area contributed by atoms with E-state index in [1.54, 1.807) is 12.3 Å². The second kappa shape index (κ2) is 6.41. The van der Waals surface area contributed by atoms with Gasteiger partial charge in [-0.05, 0) is 37.3 Å². The highest BCUT2D eigenvalue weighted by atomic mass is 16.5. The summed E-state index contributed by atoms with van der Waals surface area (Å²) >= 11 is 0. The maximum absolute atomic E-state index is 8.93. The van der Waals surface area contributed by atoms with Crippen molar-refractivity contribution in [2.45, 2.75) is 13.5 Å². The molecule has 2 rings (SSSR count). The third-order valence-corrected chi connectivity index (χ3v) is 2.53. The lowest BCUT2D eigenvalue weighted by Gasteiger charge is -2.08. The smallest absolute Gasteiger partial charge is 0.147 e. The third kappa shape index (κ3) is 3.46. The normalized spacial score (nSPS) is 9.68. The fourth-order valence-corrected chi connectivity index (χ4v) is 1.62. The lowest BCUT2D eigenvalue weighted by molar-refractivity contribution is 0.303. The maximum Gasteiger partial charge on any atom is 0.147 e. The summed E-state index contributed by atoms with van der Waals surface area (Å²) in [6.45, 7) is 2.91. The van der Waals surface area contributed by atoms with Gasteiger partial charge in [-0.3, -0.25) is 0 Å². The zero-order chi connectivity index (χ0) is 13.5. The number of hydrogen-bond acceptors (Lipinski definition) is 4. The monoisotopic (exact) mass is 254 g/mol. The predicted octanol–water partition coefficient (Wildman–Crippen LogP) is 2.93. The third-order valence-electron chi connectivity index (χ3n) is 2.53. The highest BCUT2D eigenvalue weighted by Crippen LogP contribution is 2.19. The summed E-state index contributed by atoms with van der Waals surface area (Å²) < 4.78 is 11.0. The molecule has 19 heavy (non-hydrogen) atoms. The fraction of sp³-hybridized carbons (Fsp3) is 0.200. The molecule has 0 saturated heterocycles. The number of pyridine rings is 1. The molecule has 0 aliphatic heterocycles. The lowest BCUT2D eigenvalue weighted by atomic mass is 10.2. The van der Waals surface area contributed by atoms with Gasteiger partial charge in [-0.15, -0.1) is 0 Å². The molecule has 0 saturated carbocycles. The van der Waals surface area contributed by atoms with Crippen molar-refractivity contribution in [1.82, 2.24) is 4.98 Å². The second-order valence-corrected chi connectivity index (χ2v) is 3.82. The van der Waals surface area contributed by atoms with Crippen molar-refractivity contribution >= 4 is 0 Å². The SMILES string of the molecule is CCOc1ccc(OCc2cccnc2C#N)cc1. The molecule has 2 aromatic rings. The zero-order valence-corrected chi connectivity index (χ0v) is 10.7. The first-order chi connectivity index (χ1) is 9.33. The second-order valence-electron chi connectivity index (χ2n) is 3.82. The number of hydrogen-bond donors (Lipinski definition) is 0. The first-order valence-corrected chi connectivity index (χ1v) is 6.03. The summed E-state index contributed by atoms with van der Waals surface area (Å²) in [6.07, 6.45) is 1.60. The minimum absolute atomic E-state index is 0.324. The standard InChI is InChI=1S/C15H14N2O2/c1-2-18-13-5-7-14(8-6-13)19-11-12-4-3-9-17-15(12)10-16/h3-9H,2,11H2,1H3. The van der Waals surface area contributed by atoms with Gasteiger partial charge in [0.1, 0.15) is 29.9 Å². The molecule has 1 aromatic carbocycles. The number of aromatic nitrogens is 1. The average Bonchev–Trinajstić information content (AvgIpc) is 2.47. The van der Waals surface area contributed by atoms with Crippen molar-refractivity contribution in [1.29, 1.82) is 5.26 Å². The van der Waals surface area contributed by atoms with E-state index in [0.717, 1.165) is 17.1 Å². The van der Waals surface area contributed by atoms with E-state index in [9.17, 15) is 0 Å². The molecule has 96 valence electrons. The van der Waals surface area contributed by atoms with Crippen molar-refractivity contribution in [2.24, 2.45) is 0 Å². The minimum atomic E-state index is 0.324. The maximum atomic E-state index is 8.93. The summed E-state index contributed by atoms with van der Waals surface area (Å²) in [5.41, 5.74) is 1.17. The summed E-state index contributed by atoms with van der Waals surface area (Å²) in [5.74, 6) is 1.55. The van der Waals surface area contributed by atoms with E-state index >= 15 is 0 Å². The Morgan fingerprint density at radius 3 is 2.42 bits per heavy atom. The summed E-state index contributed by atoms with van der Waals surface area (Å²) in [4.78, 5) is 3.99. The molecule has 1 aromatic heterocycles. The molecule has 4 nitrogen and oxygen atoms in total. The van der Waals surface area contributed by atoms with Gasteiger partial charge in [0.05, 0.1) is 6.61 Å². The lowest BCUT2D eigenvalue weighted by Crippen LogP contribution is -1.99. The van der Waals surface area contributed by atoms with Gasteiger partial charge in [-0.2, -0.15) is 5.26 Å². The van der Waals surface area contributed by atoms with Crippen molar-refractivity contribution < 1.29 is 9.47 Å². The quantitative estimate of drug-likeness (QED) is 0.823. The molecule has 0 spiro atoms. The van der Waals surface area contributed by atoms with Crippen LogP contribution in [0, 0.1) is 11.3 Å². The average molecular weight is 254 g/mol. The van der Waals surface area contributed by atoms with Crippen LogP contribution < -0.4 is 9.47 Å². The highest BCUT2D eigenvalue weighted by molar-refractivity contribution is 5.33. The number of nitriles is 1. The Balaban J connectivity index is 2.00. The van der Waals surface area contributed by atoms with Crippen molar-refractivity contribution in [3.8, 4) is 17.6 Å². The molecule has 0 aliphatic carbocycles. The molecule has 0 N–H and O–H groups in total. The minimum Gasteiger partial charge on any atom is -0.494 e. The Hall–Kier alpha value is -2.54. The Labute approximate surface area is 112 Å². The molecular formula is C15H14N2O2. The highest BCUT2D eigenvalue weighted by Gasteiger charge is 2.03. The van der Waals surface area contributed by atoms with E-state index in [0.29, 0.717) is 18.9 Å². The Bertz CT molecular complexity index is 573. The number of rotatable bonds is 5. The van der Waals surface area contributed by atoms with Gasteiger partial charge >= 0.3 is 0 Å². The van der Waals surface area contributed by atoms with Crippen molar-refractivity contribution in [3.63, 3.8) is 0 Å². The van der Waals surface area contributed by atoms with Gasteiger partial charge in [-0.25, -0.2) is 4.98 Å². The van der Waals surface area contributed by atoms with E-state index < -0.39 is 0 Å². The first kappa shape index (κ1) is 12.9. The molecule has 4 heteroatoms. The zero-order valence-electron chi connectivity index (χ0n) is 10.7. The van der Waals surface area contributed by atoms with Crippen LogP contribution in [0.3, 0.4) is 0 Å². The van der Waals surface area contributed by atoms with Crippen LogP contribution in [0.2, 0.25) is 0 Å². The van der Waals surface area contributed by atoms with Gasteiger partial charge in [0.25, 0.3) is 0 Å². The van der Waals surface area contributed by atoms with Crippen LogP contribution in [0.1, 0.15) is 18.2 Å². The molecule has 0 fully saturated rings. The molecular weight excluding hydrogens is 240 g/mol. The van der Waals surface area contributed by atoms with Gasteiger partial charge in [0.2, 0.25) is 0 Å².